The van der Waals surface area contributed by atoms with E-state index < -0.39 is 5.60 Å². The number of aliphatic hydroxyl groups is 1. The van der Waals surface area contributed by atoms with Crippen LogP contribution in [0, 0.1) is 0 Å². The van der Waals surface area contributed by atoms with Crippen LogP contribution in [0.3, 0.4) is 0 Å². The third-order valence-corrected chi connectivity index (χ3v) is 5.66. The third kappa shape index (κ3) is 3.70. The predicted octanol–water partition coefficient (Wildman–Crippen LogP) is 1.58. The highest BCUT2D eigenvalue weighted by Crippen LogP contribution is 2.37. The second-order valence-electron chi connectivity index (χ2n) is 7.57. The lowest BCUT2D eigenvalue weighted by atomic mass is 9.99. The van der Waals surface area contributed by atoms with Gasteiger partial charge in [0.25, 0.3) is 11.8 Å². The largest absolute Gasteiger partial charge is 0.481 e. The van der Waals surface area contributed by atoms with Gasteiger partial charge in [-0.05, 0) is 30.5 Å². The fourth-order valence-electron chi connectivity index (χ4n) is 3.71. The Balaban J connectivity index is 1.54. The molecule has 8 heteroatoms. The minimum Gasteiger partial charge on any atom is -0.481 e. The van der Waals surface area contributed by atoms with Crippen LogP contribution in [0.4, 0.5) is 0 Å². The first kappa shape index (κ1) is 20.2. The van der Waals surface area contributed by atoms with E-state index in [0.29, 0.717) is 61.9 Å². The molecule has 2 fully saturated rings. The van der Waals surface area contributed by atoms with Crippen LogP contribution in [-0.4, -0.2) is 77.7 Å². The van der Waals surface area contributed by atoms with Gasteiger partial charge in [-0.1, -0.05) is 18.2 Å². The summed E-state index contributed by atoms with van der Waals surface area (Å²) in [5.41, 5.74) is 0.798. The standard InChI is InChI=1S/C22H25N3O5/c1-29-18-8-7-16(19(23-18)30-2)15-5-3-4-6-17(15)20(26)24-11-13-25(14-12-24)21(27)22(28)9-10-22/h3-8,28H,9-14H2,1-2H3. The Morgan fingerprint density at radius 1 is 0.933 bits per heavy atom. The van der Waals surface area contributed by atoms with E-state index >= 15 is 0 Å². The monoisotopic (exact) mass is 411 g/mol. The van der Waals surface area contributed by atoms with Crippen molar-refractivity contribution in [2.45, 2.75) is 18.4 Å². The van der Waals surface area contributed by atoms with Crippen molar-refractivity contribution < 1.29 is 24.2 Å². The van der Waals surface area contributed by atoms with Crippen LogP contribution in [0.2, 0.25) is 0 Å². The van der Waals surface area contributed by atoms with Gasteiger partial charge in [0, 0.05) is 43.4 Å². The normalized spacial score (nSPS) is 17.4. The topological polar surface area (TPSA) is 92.2 Å². The van der Waals surface area contributed by atoms with E-state index in [2.05, 4.69) is 4.98 Å². The molecule has 2 amide bonds. The highest BCUT2D eigenvalue weighted by molar-refractivity contribution is 6.01. The fourth-order valence-corrected chi connectivity index (χ4v) is 3.71. The molecule has 1 saturated carbocycles. The van der Waals surface area contributed by atoms with Crippen molar-refractivity contribution in [3.8, 4) is 22.9 Å². The van der Waals surface area contributed by atoms with E-state index in [1.165, 1.54) is 14.2 Å². The Hall–Kier alpha value is -3.13. The second-order valence-corrected chi connectivity index (χ2v) is 7.57. The van der Waals surface area contributed by atoms with Crippen LogP contribution in [0.5, 0.6) is 11.8 Å². The molecule has 1 aliphatic carbocycles. The number of rotatable bonds is 5. The first-order chi connectivity index (χ1) is 14.5. The summed E-state index contributed by atoms with van der Waals surface area (Å²) in [7, 11) is 3.06. The molecule has 1 N–H and O–H groups in total. The van der Waals surface area contributed by atoms with Gasteiger partial charge in [0.2, 0.25) is 11.8 Å². The number of methoxy groups -OCH3 is 2. The average molecular weight is 411 g/mol. The lowest BCUT2D eigenvalue weighted by molar-refractivity contribution is -0.143. The first-order valence-corrected chi connectivity index (χ1v) is 9.96. The Morgan fingerprint density at radius 2 is 1.60 bits per heavy atom. The second kappa shape index (κ2) is 7.95. The van der Waals surface area contributed by atoms with Crippen molar-refractivity contribution in [3.63, 3.8) is 0 Å². The van der Waals surface area contributed by atoms with Crippen LogP contribution < -0.4 is 9.47 Å². The molecule has 30 heavy (non-hydrogen) atoms. The van der Waals surface area contributed by atoms with Crippen LogP contribution in [0.25, 0.3) is 11.1 Å². The van der Waals surface area contributed by atoms with Crippen molar-refractivity contribution in [1.82, 2.24) is 14.8 Å². The maximum atomic E-state index is 13.3. The van der Waals surface area contributed by atoms with Crippen molar-refractivity contribution in [3.05, 3.63) is 42.0 Å². The number of pyridine rings is 1. The molecule has 1 aliphatic heterocycles. The molecule has 1 aromatic carbocycles. The zero-order valence-corrected chi connectivity index (χ0v) is 17.1. The van der Waals surface area contributed by atoms with Crippen molar-refractivity contribution in [2.75, 3.05) is 40.4 Å². The van der Waals surface area contributed by atoms with Crippen molar-refractivity contribution in [2.24, 2.45) is 0 Å². The van der Waals surface area contributed by atoms with Gasteiger partial charge in [-0.15, -0.1) is 0 Å². The number of aromatic nitrogens is 1. The van der Waals surface area contributed by atoms with E-state index in [1.54, 1.807) is 21.9 Å². The molecule has 2 aliphatic rings. The average Bonchev–Trinajstić information content (AvgIpc) is 3.56. The van der Waals surface area contributed by atoms with Crippen LogP contribution in [-0.2, 0) is 4.79 Å². The third-order valence-electron chi connectivity index (χ3n) is 5.66. The Labute approximate surface area is 175 Å². The minimum absolute atomic E-state index is 0.110. The molecule has 0 unspecified atom stereocenters. The molecule has 4 rings (SSSR count). The molecule has 0 bridgehead atoms. The summed E-state index contributed by atoms with van der Waals surface area (Å²) >= 11 is 0. The highest BCUT2D eigenvalue weighted by Gasteiger charge is 2.50. The molecule has 0 atom stereocenters. The lowest BCUT2D eigenvalue weighted by Crippen LogP contribution is -2.53. The number of carbonyl (C=O) groups excluding carboxylic acids is 2. The van der Waals surface area contributed by atoms with Gasteiger partial charge >= 0.3 is 0 Å². The SMILES string of the molecule is COc1ccc(-c2ccccc2C(=O)N2CCN(C(=O)C3(O)CC3)CC2)c(OC)n1. The van der Waals surface area contributed by atoms with Gasteiger partial charge < -0.3 is 24.4 Å². The molecule has 1 aromatic heterocycles. The number of ether oxygens (including phenoxy) is 2. The molecule has 2 heterocycles. The summed E-state index contributed by atoms with van der Waals surface area (Å²) in [4.78, 5) is 33.3. The van der Waals surface area contributed by atoms with Crippen LogP contribution in [0.15, 0.2) is 36.4 Å². The quantitative estimate of drug-likeness (QED) is 0.803. The summed E-state index contributed by atoms with van der Waals surface area (Å²) in [5.74, 6) is 0.477. The first-order valence-electron chi connectivity index (χ1n) is 9.96. The molecule has 2 aromatic rings. The maximum absolute atomic E-state index is 13.3. The zero-order chi connectivity index (χ0) is 21.3. The predicted molar refractivity (Wildman–Crippen MR) is 109 cm³/mol. The van der Waals surface area contributed by atoms with Gasteiger partial charge in [-0.25, -0.2) is 0 Å². The molecule has 0 radical (unpaired) electrons. The Morgan fingerprint density at radius 3 is 2.23 bits per heavy atom. The van der Waals surface area contributed by atoms with Crippen LogP contribution >= 0.6 is 0 Å². The summed E-state index contributed by atoms with van der Waals surface area (Å²) in [6.07, 6.45) is 1.05. The van der Waals surface area contributed by atoms with Gasteiger partial charge in [0.05, 0.1) is 14.2 Å². The Kier molecular flexibility index (Phi) is 5.34. The number of amides is 2. The van der Waals surface area contributed by atoms with E-state index in [9.17, 15) is 14.7 Å². The molecular weight excluding hydrogens is 386 g/mol. The number of hydrogen-bond acceptors (Lipinski definition) is 6. The summed E-state index contributed by atoms with van der Waals surface area (Å²) in [5, 5.41) is 10.1. The van der Waals surface area contributed by atoms with E-state index in [4.69, 9.17) is 9.47 Å². The molecule has 8 nitrogen and oxygen atoms in total. The minimum atomic E-state index is -1.17. The summed E-state index contributed by atoms with van der Waals surface area (Å²) in [6.45, 7) is 1.69. The molecular formula is C22H25N3O5. The maximum Gasteiger partial charge on any atom is 0.254 e. The Bertz CT molecular complexity index is 965. The van der Waals surface area contributed by atoms with Crippen molar-refractivity contribution in [1.29, 1.82) is 0 Å². The van der Waals surface area contributed by atoms with Crippen LogP contribution in [0.1, 0.15) is 23.2 Å². The van der Waals surface area contributed by atoms with Gasteiger partial charge in [0.15, 0.2) is 0 Å². The van der Waals surface area contributed by atoms with Gasteiger partial charge in [0.1, 0.15) is 5.60 Å². The highest BCUT2D eigenvalue weighted by atomic mass is 16.5. The number of piperazine rings is 1. The fraction of sp³-hybridized carbons (Fsp3) is 0.409. The number of nitrogens with zero attached hydrogens (tertiary/aromatic N) is 3. The number of carbonyl (C=O) groups is 2. The molecule has 158 valence electrons. The molecule has 1 saturated heterocycles. The van der Waals surface area contributed by atoms with Crippen molar-refractivity contribution >= 4 is 11.8 Å². The number of benzene rings is 1. The summed E-state index contributed by atoms with van der Waals surface area (Å²) < 4.78 is 10.6. The summed E-state index contributed by atoms with van der Waals surface area (Å²) in [6, 6.07) is 10.9. The van der Waals surface area contributed by atoms with E-state index in [-0.39, 0.29) is 11.8 Å². The van der Waals surface area contributed by atoms with Gasteiger partial charge in [-0.2, -0.15) is 4.98 Å². The number of hydrogen-bond donors (Lipinski definition) is 1. The van der Waals surface area contributed by atoms with Gasteiger partial charge in [-0.3, -0.25) is 9.59 Å². The smallest absolute Gasteiger partial charge is 0.254 e. The van der Waals surface area contributed by atoms with E-state index in [0.717, 1.165) is 5.56 Å². The zero-order valence-electron chi connectivity index (χ0n) is 17.1. The lowest BCUT2D eigenvalue weighted by Gasteiger charge is -2.36. The van der Waals surface area contributed by atoms with E-state index in [1.807, 2.05) is 24.3 Å². The molecule has 0 spiro atoms.